The number of thioether (sulfide) groups is 1. The van der Waals surface area contributed by atoms with Gasteiger partial charge >= 0.3 is 0 Å². The Bertz CT molecular complexity index is 358. The Kier molecular flexibility index (Phi) is 6.72. The van der Waals surface area contributed by atoms with Crippen LogP contribution in [0.5, 0.6) is 5.88 Å². The molecule has 1 rings (SSSR count). The molecule has 0 atom stereocenters. The fourth-order valence-electron chi connectivity index (χ4n) is 1.66. The van der Waals surface area contributed by atoms with Crippen LogP contribution in [0.2, 0.25) is 0 Å². The second-order valence-corrected chi connectivity index (χ2v) is 5.48. The van der Waals surface area contributed by atoms with Gasteiger partial charge in [-0.1, -0.05) is 6.92 Å². The van der Waals surface area contributed by atoms with E-state index >= 15 is 0 Å². The van der Waals surface area contributed by atoms with Gasteiger partial charge < -0.3 is 15.0 Å². The molecule has 0 saturated carbocycles. The molecule has 0 amide bonds. The minimum absolute atomic E-state index is 0.657. The Hall–Kier alpha value is -1.10. The third-order valence-corrected chi connectivity index (χ3v) is 3.53. The highest BCUT2D eigenvalue weighted by Crippen LogP contribution is 2.31. The third-order valence-electron chi connectivity index (χ3n) is 2.54. The van der Waals surface area contributed by atoms with Crippen LogP contribution >= 0.6 is 11.8 Å². The molecule has 4 nitrogen and oxygen atoms in total. The molecule has 0 aromatic carbocycles. The van der Waals surface area contributed by atoms with E-state index < -0.39 is 0 Å². The lowest BCUT2D eigenvalue weighted by atomic mass is 10.3. The molecular formula is C13H23N3OS. The molecule has 5 heteroatoms. The number of rotatable bonds is 8. The normalized spacial score (nSPS) is 10.2. The number of hydrogen-bond acceptors (Lipinski definition) is 5. The summed E-state index contributed by atoms with van der Waals surface area (Å²) in [5.74, 6) is 3.02. The van der Waals surface area contributed by atoms with Crippen LogP contribution in [0.15, 0.2) is 12.3 Å². The number of ether oxygens (including phenoxy) is 1. The van der Waals surface area contributed by atoms with Gasteiger partial charge in [0.1, 0.15) is 5.69 Å². The van der Waals surface area contributed by atoms with E-state index in [4.69, 9.17) is 4.74 Å². The van der Waals surface area contributed by atoms with Crippen molar-refractivity contribution >= 4 is 23.1 Å². The van der Waals surface area contributed by atoms with Crippen molar-refractivity contribution in [2.45, 2.75) is 13.3 Å². The lowest BCUT2D eigenvalue weighted by molar-refractivity contribution is 0.400. The molecule has 1 heterocycles. The van der Waals surface area contributed by atoms with Crippen LogP contribution in [0.1, 0.15) is 13.3 Å². The van der Waals surface area contributed by atoms with E-state index in [1.807, 2.05) is 31.9 Å². The van der Waals surface area contributed by atoms with E-state index in [1.165, 1.54) is 11.5 Å². The summed E-state index contributed by atoms with van der Waals surface area (Å²) in [5.41, 5.74) is 2.08. The SMILES string of the molecule is CCSCCCNc1c(N(C)C)ccnc1OC. The average Bonchev–Trinajstić information content (AvgIpc) is 2.38. The fourth-order valence-corrected chi connectivity index (χ4v) is 2.30. The highest BCUT2D eigenvalue weighted by atomic mass is 32.2. The van der Waals surface area contributed by atoms with Crippen molar-refractivity contribution in [1.82, 2.24) is 4.98 Å². The van der Waals surface area contributed by atoms with Crippen LogP contribution in [0, 0.1) is 0 Å². The van der Waals surface area contributed by atoms with E-state index in [0.29, 0.717) is 5.88 Å². The first-order chi connectivity index (χ1) is 8.70. The van der Waals surface area contributed by atoms with Gasteiger partial charge in [0.2, 0.25) is 5.88 Å². The van der Waals surface area contributed by atoms with Gasteiger partial charge in [0.25, 0.3) is 0 Å². The van der Waals surface area contributed by atoms with Crippen molar-refractivity contribution in [2.75, 3.05) is 49.5 Å². The van der Waals surface area contributed by atoms with E-state index in [2.05, 4.69) is 22.1 Å². The number of methoxy groups -OCH3 is 1. The quantitative estimate of drug-likeness (QED) is 0.734. The summed E-state index contributed by atoms with van der Waals surface area (Å²) in [6.07, 6.45) is 2.91. The number of nitrogens with one attached hydrogen (secondary N) is 1. The number of anilines is 2. The van der Waals surface area contributed by atoms with Gasteiger partial charge in [0.15, 0.2) is 0 Å². The van der Waals surface area contributed by atoms with Gasteiger partial charge in [-0.25, -0.2) is 4.98 Å². The van der Waals surface area contributed by atoms with Gasteiger partial charge in [0, 0.05) is 26.8 Å². The summed E-state index contributed by atoms with van der Waals surface area (Å²) in [4.78, 5) is 6.30. The Morgan fingerprint density at radius 2 is 2.22 bits per heavy atom. The molecule has 1 aromatic rings. The van der Waals surface area contributed by atoms with Gasteiger partial charge in [-0.15, -0.1) is 0 Å². The molecule has 18 heavy (non-hydrogen) atoms. The summed E-state index contributed by atoms with van der Waals surface area (Å²) < 4.78 is 5.31. The van der Waals surface area contributed by atoms with Crippen LogP contribution in [-0.2, 0) is 0 Å². The molecule has 0 unspecified atom stereocenters. The summed E-state index contributed by atoms with van der Waals surface area (Å²) in [5, 5.41) is 3.43. The molecule has 0 radical (unpaired) electrons. The molecule has 0 aliphatic heterocycles. The van der Waals surface area contributed by atoms with Crippen LogP contribution in [0.25, 0.3) is 0 Å². The number of hydrogen-bond donors (Lipinski definition) is 1. The number of pyridine rings is 1. The first-order valence-corrected chi connectivity index (χ1v) is 7.38. The first kappa shape index (κ1) is 15.0. The van der Waals surface area contributed by atoms with Crippen molar-refractivity contribution in [3.05, 3.63) is 12.3 Å². The highest BCUT2D eigenvalue weighted by molar-refractivity contribution is 7.99. The molecule has 1 aromatic heterocycles. The summed E-state index contributed by atoms with van der Waals surface area (Å²) in [6.45, 7) is 3.13. The maximum atomic E-state index is 5.31. The minimum Gasteiger partial charge on any atom is -0.479 e. The predicted molar refractivity (Wildman–Crippen MR) is 81.2 cm³/mol. The monoisotopic (exact) mass is 269 g/mol. The molecule has 1 N–H and O–H groups in total. The predicted octanol–water partition coefficient (Wildman–Crippen LogP) is 2.71. The minimum atomic E-state index is 0.657. The fraction of sp³-hybridized carbons (Fsp3) is 0.615. The van der Waals surface area contributed by atoms with Crippen LogP contribution in [0.4, 0.5) is 11.4 Å². The van der Waals surface area contributed by atoms with Gasteiger partial charge in [0.05, 0.1) is 12.8 Å². The molecule has 0 aliphatic carbocycles. The second kappa shape index (κ2) is 8.08. The van der Waals surface area contributed by atoms with Gasteiger partial charge in [-0.3, -0.25) is 0 Å². The molecular weight excluding hydrogens is 246 g/mol. The molecule has 0 fully saturated rings. The van der Waals surface area contributed by atoms with Crippen molar-refractivity contribution in [3.8, 4) is 5.88 Å². The van der Waals surface area contributed by atoms with Crippen molar-refractivity contribution in [3.63, 3.8) is 0 Å². The van der Waals surface area contributed by atoms with Crippen LogP contribution < -0.4 is 15.0 Å². The smallest absolute Gasteiger partial charge is 0.239 e. The van der Waals surface area contributed by atoms with Crippen molar-refractivity contribution < 1.29 is 4.74 Å². The zero-order chi connectivity index (χ0) is 13.4. The Morgan fingerprint density at radius 3 is 2.83 bits per heavy atom. The van der Waals surface area contributed by atoms with Crippen molar-refractivity contribution in [1.29, 1.82) is 0 Å². The first-order valence-electron chi connectivity index (χ1n) is 6.22. The van der Waals surface area contributed by atoms with Crippen LogP contribution in [-0.4, -0.2) is 44.2 Å². The number of aromatic nitrogens is 1. The maximum absolute atomic E-state index is 5.31. The molecule has 102 valence electrons. The average molecular weight is 269 g/mol. The van der Waals surface area contributed by atoms with Crippen LogP contribution in [0.3, 0.4) is 0 Å². The van der Waals surface area contributed by atoms with Gasteiger partial charge in [-0.2, -0.15) is 11.8 Å². The highest BCUT2D eigenvalue weighted by Gasteiger charge is 2.11. The Morgan fingerprint density at radius 1 is 1.44 bits per heavy atom. The molecule has 0 spiro atoms. The summed E-state index contributed by atoms with van der Waals surface area (Å²) in [7, 11) is 5.69. The lowest BCUT2D eigenvalue weighted by Gasteiger charge is -2.19. The number of nitrogens with zero attached hydrogens (tertiary/aromatic N) is 2. The Labute approximate surface area is 114 Å². The molecule has 0 bridgehead atoms. The maximum Gasteiger partial charge on any atom is 0.239 e. The van der Waals surface area contributed by atoms with E-state index in [0.717, 1.165) is 24.3 Å². The third kappa shape index (κ3) is 4.29. The standard InChI is InChI=1S/C13H23N3OS/c1-5-18-10-6-8-14-12-11(16(2)3)7-9-15-13(12)17-4/h7,9,14H,5-6,8,10H2,1-4H3. The topological polar surface area (TPSA) is 37.4 Å². The Balaban J connectivity index is 2.66. The largest absolute Gasteiger partial charge is 0.479 e. The van der Waals surface area contributed by atoms with E-state index in [-0.39, 0.29) is 0 Å². The van der Waals surface area contributed by atoms with E-state index in [1.54, 1.807) is 13.3 Å². The van der Waals surface area contributed by atoms with Crippen molar-refractivity contribution in [2.24, 2.45) is 0 Å². The second-order valence-electron chi connectivity index (χ2n) is 4.09. The zero-order valence-electron chi connectivity index (χ0n) is 11.7. The van der Waals surface area contributed by atoms with Gasteiger partial charge in [-0.05, 0) is 24.0 Å². The molecule has 0 aliphatic rings. The molecule has 0 saturated heterocycles. The zero-order valence-corrected chi connectivity index (χ0v) is 12.5. The lowest BCUT2D eigenvalue weighted by Crippen LogP contribution is -2.14. The summed E-state index contributed by atoms with van der Waals surface area (Å²) >= 11 is 1.97. The van der Waals surface area contributed by atoms with E-state index in [9.17, 15) is 0 Å². The summed E-state index contributed by atoms with van der Waals surface area (Å²) in [6, 6.07) is 1.99.